The van der Waals surface area contributed by atoms with Gasteiger partial charge in [-0.25, -0.2) is 4.79 Å². The molecule has 0 radical (unpaired) electrons. The minimum Gasteiger partial charge on any atom is -0.465 e. The SMILES string of the molecule is CCCCl.CN(C)CCCNC(=O)O. The highest BCUT2D eigenvalue weighted by molar-refractivity contribution is 6.17. The molecule has 0 aromatic carbocycles. The zero-order valence-electron chi connectivity index (χ0n) is 9.22. The maximum Gasteiger partial charge on any atom is 0.404 e. The van der Waals surface area contributed by atoms with Crippen LogP contribution in [0.15, 0.2) is 0 Å². The lowest BCUT2D eigenvalue weighted by Crippen LogP contribution is -2.25. The van der Waals surface area contributed by atoms with Crippen molar-refractivity contribution < 1.29 is 9.90 Å². The molecule has 2 N–H and O–H groups in total. The molecular weight excluding hydrogens is 204 g/mol. The average molecular weight is 225 g/mol. The van der Waals surface area contributed by atoms with Crippen LogP contribution in [-0.2, 0) is 0 Å². The van der Waals surface area contributed by atoms with E-state index in [0.29, 0.717) is 6.54 Å². The lowest BCUT2D eigenvalue weighted by molar-refractivity contribution is 0.194. The third-order valence-corrected chi connectivity index (χ3v) is 1.63. The second kappa shape index (κ2) is 12.5. The van der Waals surface area contributed by atoms with Crippen LogP contribution in [0.4, 0.5) is 4.79 Å². The monoisotopic (exact) mass is 224 g/mol. The van der Waals surface area contributed by atoms with Gasteiger partial charge in [-0.15, -0.1) is 11.6 Å². The number of hydrogen-bond acceptors (Lipinski definition) is 2. The van der Waals surface area contributed by atoms with Crippen LogP contribution < -0.4 is 5.32 Å². The van der Waals surface area contributed by atoms with Gasteiger partial charge in [-0.2, -0.15) is 0 Å². The first-order valence-corrected chi connectivity index (χ1v) is 5.25. The van der Waals surface area contributed by atoms with Crippen LogP contribution in [0, 0.1) is 0 Å². The van der Waals surface area contributed by atoms with Crippen LogP contribution >= 0.6 is 11.6 Å². The molecule has 0 atom stereocenters. The number of nitrogens with zero attached hydrogens (tertiary/aromatic N) is 1. The maximum absolute atomic E-state index is 9.92. The van der Waals surface area contributed by atoms with Crippen molar-refractivity contribution in [2.45, 2.75) is 19.8 Å². The second-order valence-corrected chi connectivity index (χ2v) is 3.46. The van der Waals surface area contributed by atoms with E-state index in [1.54, 1.807) is 0 Å². The second-order valence-electron chi connectivity index (χ2n) is 3.08. The number of amides is 1. The van der Waals surface area contributed by atoms with Crippen LogP contribution in [-0.4, -0.2) is 49.2 Å². The predicted molar refractivity (Wildman–Crippen MR) is 60.2 cm³/mol. The lowest BCUT2D eigenvalue weighted by Gasteiger charge is -2.07. The van der Waals surface area contributed by atoms with Gasteiger partial charge in [-0.1, -0.05) is 6.92 Å². The molecule has 0 aliphatic rings. The summed E-state index contributed by atoms with van der Waals surface area (Å²) < 4.78 is 0. The molecule has 0 aliphatic carbocycles. The summed E-state index contributed by atoms with van der Waals surface area (Å²) in [6, 6.07) is 0. The van der Waals surface area contributed by atoms with Crippen molar-refractivity contribution >= 4 is 17.7 Å². The summed E-state index contributed by atoms with van der Waals surface area (Å²) in [5.74, 6) is 0.792. The zero-order chi connectivity index (χ0) is 11.4. The minimum atomic E-state index is -0.946. The van der Waals surface area contributed by atoms with Gasteiger partial charge in [0.2, 0.25) is 0 Å². The smallest absolute Gasteiger partial charge is 0.404 e. The summed E-state index contributed by atoms with van der Waals surface area (Å²) >= 11 is 5.19. The van der Waals surface area contributed by atoms with E-state index >= 15 is 0 Å². The van der Waals surface area contributed by atoms with E-state index in [9.17, 15) is 4.79 Å². The Morgan fingerprint density at radius 1 is 1.50 bits per heavy atom. The Bertz CT molecular complexity index is 130. The summed E-state index contributed by atoms with van der Waals surface area (Å²) in [7, 11) is 3.92. The fraction of sp³-hybridized carbons (Fsp3) is 0.889. The highest BCUT2D eigenvalue weighted by Gasteiger charge is 1.93. The molecule has 0 rings (SSSR count). The summed E-state index contributed by atoms with van der Waals surface area (Å²) in [6.07, 6.45) is 1.000. The zero-order valence-corrected chi connectivity index (χ0v) is 9.97. The van der Waals surface area contributed by atoms with Crippen LogP contribution in [0.25, 0.3) is 0 Å². The molecule has 0 heterocycles. The van der Waals surface area contributed by atoms with Gasteiger partial charge in [0.15, 0.2) is 0 Å². The molecule has 5 heteroatoms. The standard InChI is InChI=1S/C6H14N2O2.C3H7Cl/c1-8(2)5-3-4-7-6(9)10;1-2-3-4/h7H,3-5H2,1-2H3,(H,9,10);2-3H2,1H3. The Balaban J connectivity index is 0. The van der Waals surface area contributed by atoms with E-state index in [1.807, 2.05) is 25.9 Å². The Kier molecular flexibility index (Phi) is 14.3. The Labute approximate surface area is 91.2 Å². The maximum atomic E-state index is 9.92. The molecule has 14 heavy (non-hydrogen) atoms. The fourth-order valence-corrected chi connectivity index (χ4v) is 0.591. The van der Waals surface area contributed by atoms with Crippen LogP contribution in [0.1, 0.15) is 19.8 Å². The van der Waals surface area contributed by atoms with E-state index in [4.69, 9.17) is 16.7 Å². The van der Waals surface area contributed by atoms with E-state index < -0.39 is 6.09 Å². The molecule has 0 spiro atoms. The van der Waals surface area contributed by atoms with Gasteiger partial charge in [0.1, 0.15) is 0 Å². The molecule has 1 amide bonds. The number of rotatable bonds is 5. The van der Waals surface area contributed by atoms with Gasteiger partial charge in [0.25, 0.3) is 0 Å². The molecule has 0 saturated carbocycles. The van der Waals surface area contributed by atoms with E-state index in [2.05, 4.69) is 5.32 Å². The van der Waals surface area contributed by atoms with Crippen molar-refractivity contribution in [2.75, 3.05) is 33.1 Å². The number of carbonyl (C=O) groups is 1. The largest absolute Gasteiger partial charge is 0.465 e. The lowest BCUT2D eigenvalue weighted by atomic mass is 10.4. The Morgan fingerprint density at radius 3 is 2.29 bits per heavy atom. The highest BCUT2D eigenvalue weighted by atomic mass is 35.5. The van der Waals surface area contributed by atoms with Crippen molar-refractivity contribution in [2.24, 2.45) is 0 Å². The molecular formula is C9H21ClN2O2. The van der Waals surface area contributed by atoms with Gasteiger partial charge in [-0.05, 0) is 33.5 Å². The number of alkyl halides is 1. The first-order valence-electron chi connectivity index (χ1n) is 4.72. The third-order valence-electron chi connectivity index (χ3n) is 1.25. The summed E-state index contributed by atoms with van der Waals surface area (Å²) in [4.78, 5) is 11.9. The number of halogens is 1. The van der Waals surface area contributed by atoms with Crippen molar-refractivity contribution in [1.82, 2.24) is 10.2 Å². The summed E-state index contributed by atoms with van der Waals surface area (Å²) in [5.41, 5.74) is 0. The minimum absolute atomic E-state index is 0.535. The van der Waals surface area contributed by atoms with Crippen LogP contribution in [0.5, 0.6) is 0 Å². The molecule has 86 valence electrons. The molecule has 0 bridgehead atoms. The topological polar surface area (TPSA) is 52.6 Å². The fourth-order valence-electron chi connectivity index (χ4n) is 0.591. The molecule has 4 nitrogen and oxygen atoms in total. The van der Waals surface area contributed by atoms with Gasteiger partial charge >= 0.3 is 6.09 Å². The van der Waals surface area contributed by atoms with E-state index in [-0.39, 0.29) is 0 Å². The molecule has 0 aliphatic heterocycles. The normalized spacial score (nSPS) is 9.21. The van der Waals surface area contributed by atoms with Crippen molar-refractivity contribution in [3.05, 3.63) is 0 Å². The highest BCUT2D eigenvalue weighted by Crippen LogP contribution is 1.79. The number of hydrogen-bond donors (Lipinski definition) is 2. The van der Waals surface area contributed by atoms with Crippen LogP contribution in [0.3, 0.4) is 0 Å². The van der Waals surface area contributed by atoms with Crippen molar-refractivity contribution in [1.29, 1.82) is 0 Å². The number of carboxylic acid groups (broad SMARTS) is 1. The number of nitrogens with one attached hydrogen (secondary N) is 1. The molecule has 0 unspecified atom stereocenters. The Hall–Kier alpha value is -0.480. The molecule has 0 fully saturated rings. The quantitative estimate of drug-likeness (QED) is 0.554. The van der Waals surface area contributed by atoms with E-state index in [1.165, 1.54) is 0 Å². The van der Waals surface area contributed by atoms with Crippen molar-refractivity contribution in [3.8, 4) is 0 Å². The summed E-state index contributed by atoms with van der Waals surface area (Å²) in [6.45, 7) is 3.50. The van der Waals surface area contributed by atoms with Gasteiger partial charge in [0.05, 0.1) is 0 Å². The Morgan fingerprint density at radius 2 is 2.00 bits per heavy atom. The van der Waals surface area contributed by atoms with Gasteiger partial charge < -0.3 is 15.3 Å². The van der Waals surface area contributed by atoms with E-state index in [0.717, 1.165) is 25.3 Å². The molecule has 0 aromatic heterocycles. The summed E-state index contributed by atoms with van der Waals surface area (Å²) in [5, 5.41) is 10.4. The van der Waals surface area contributed by atoms with Gasteiger partial charge in [0, 0.05) is 12.4 Å². The third kappa shape index (κ3) is 22.5. The molecule has 0 aromatic rings. The van der Waals surface area contributed by atoms with Crippen molar-refractivity contribution in [3.63, 3.8) is 0 Å². The first-order chi connectivity index (χ1) is 6.54. The van der Waals surface area contributed by atoms with Crippen LogP contribution in [0.2, 0.25) is 0 Å². The average Bonchev–Trinajstić information content (AvgIpc) is 2.12. The predicted octanol–water partition coefficient (Wildman–Crippen LogP) is 1.84. The molecule has 0 saturated heterocycles. The first kappa shape index (κ1) is 16.0. The van der Waals surface area contributed by atoms with Gasteiger partial charge in [-0.3, -0.25) is 0 Å².